The van der Waals surface area contributed by atoms with E-state index in [1.165, 1.54) is 0 Å². The van der Waals surface area contributed by atoms with Crippen molar-refractivity contribution in [2.24, 2.45) is 17.8 Å². The highest BCUT2D eigenvalue weighted by molar-refractivity contribution is 8.02. The van der Waals surface area contributed by atoms with Crippen LogP contribution in [0.4, 0.5) is 5.69 Å². The molecule has 3 aliphatic rings. The minimum Gasteiger partial charge on any atom is -0.497 e. The van der Waals surface area contributed by atoms with E-state index in [1.54, 1.807) is 57.9 Å². The van der Waals surface area contributed by atoms with Gasteiger partial charge in [-0.25, -0.2) is 0 Å². The average Bonchev–Trinajstić information content (AvgIpc) is 3.61. The number of carbonyl (C=O) groups is 3. The van der Waals surface area contributed by atoms with Crippen LogP contribution < -0.4 is 9.64 Å². The van der Waals surface area contributed by atoms with E-state index in [2.05, 4.69) is 13.2 Å². The molecule has 8 nitrogen and oxygen atoms in total. The zero-order valence-corrected chi connectivity index (χ0v) is 25.6. The number of hydrogen-bond donors (Lipinski definition) is 1. The van der Waals surface area contributed by atoms with Gasteiger partial charge in [0.05, 0.1) is 36.3 Å². The molecule has 1 aromatic carbocycles. The molecule has 3 heterocycles. The van der Waals surface area contributed by atoms with Gasteiger partial charge in [0, 0.05) is 30.6 Å². The fourth-order valence-electron chi connectivity index (χ4n) is 7.16. The molecular weight excluding hydrogens is 538 g/mol. The quantitative estimate of drug-likeness (QED) is 0.331. The van der Waals surface area contributed by atoms with Crippen molar-refractivity contribution in [3.63, 3.8) is 0 Å². The zero-order valence-electron chi connectivity index (χ0n) is 24.8. The van der Waals surface area contributed by atoms with E-state index in [0.717, 1.165) is 12.8 Å². The summed E-state index contributed by atoms with van der Waals surface area (Å²) in [6.45, 7) is 14.9. The fourth-order valence-corrected chi connectivity index (χ4v) is 9.35. The molecule has 224 valence electrons. The third-order valence-electron chi connectivity index (χ3n) is 8.72. The number of nitrogens with zero attached hydrogens (tertiary/aromatic N) is 3. The van der Waals surface area contributed by atoms with Crippen LogP contribution in [0.5, 0.6) is 5.75 Å². The van der Waals surface area contributed by atoms with Crippen LogP contribution in [0.2, 0.25) is 0 Å². The number of anilines is 1. The molecule has 0 aliphatic carbocycles. The van der Waals surface area contributed by atoms with Crippen LogP contribution in [0.15, 0.2) is 49.6 Å². The molecule has 1 N–H and O–H groups in total. The predicted octanol–water partition coefficient (Wildman–Crippen LogP) is 4.14. The first-order chi connectivity index (χ1) is 19.7. The first-order valence-corrected chi connectivity index (χ1v) is 15.6. The van der Waals surface area contributed by atoms with E-state index in [4.69, 9.17) is 4.74 Å². The van der Waals surface area contributed by atoms with Gasteiger partial charge < -0.3 is 24.5 Å². The highest BCUT2D eigenvalue weighted by atomic mass is 32.2. The van der Waals surface area contributed by atoms with E-state index in [1.807, 2.05) is 32.9 Å². The van der Waals surface area contributed by atoms with Gasteiger partial charge in [-0.1, -0.05) is 32.9 Å². The third kappa shape index (κ3) is 5.55. The number of carbonyl (C=O) groups excluding carboxylic acids is 3. The topological polar surface area (TPSA) is 90.4 Å². The molecule has 3 fully saturated rings. The molecule has 3 amide bonds. The second kappa shape index (κ2) is 13.0. The van der Waals surface area contributed by atoms with Crippen molar-refractivity contribution >= 4 is 35.2 Å². The molecule has 0 saturated carbocycles. The summed E-state index contributed by atoms with van der Waals surface area (Å²) >= 11 is 1.66. The van der Waals surface area contributed by atoms with Crippen LogP contribution >= 0.6 is 11.8 Å². The monoisotopic (exact) mass is 583 g/mol. The summed E-state index contributed by atoms with van der Waals surface area (Å²) in [5.41, 5.74) is 0.678. The Hall–Kier alpha value is -2.78. The fraction of sp³-hybridized carbons (Fsp3) is 0.594. The lowest BCUT2D eigenvalue weighted by molar-refractivity contribution is -0.145. The summed E-state index contributed by atoms with van der Waals surface area (Å²) in [4.78, 5) is 48.4. The second-order valence-electron chi connectivity index (χ2n) is 11.8. The number of thioether (sulfide) groups is 1. The summed E-state index contributed by atoms with van der Waals surface area (Å²) in [5, 5.41) is 10.5. The highest BCUT2D eigenvalue weighted by Crippen LogP contribution is 2.67. The number of rotatable bonds is 14. The molecule has 9 heteroatoms. The van der Waals surface area contributed by atoms with Gasteiger partial charge in [-0.05, 0) is 55.9 Å². The van der Waals surface area contributed by atoms with Crippen molar-refractivity contribution in [1.29, 1.82) is 0 Å². The molecule has 1 spiro atoms. The maximum Gasteiger partial charge on any atom is 0.251 e. The van der Waals surface area contributed by atoms with Gasteiger partial charge in [0.1, 0.15) is 11.8 Å². The van der Waals surface area contributed by atoms with E-state index < -0.39 is 28.7 Å². The largest absolute Gasteiger partial charge is 0.497 e. The highest BCUT2D eigenvalue weighted by Gasteiger charge is 2.74. The van der Waals surface area contributed by atoms with Crippen LogP contribution in [0, 0.1) is 17.8 Å². The molecule has 3 aliphatic heterocycles. The minimum absolute atomic E-state index is 0.0235. The third-order valence-corrected chi connectivity index (χ3v) is 10.7. The number of amides is 3. The maximum absolute atomic E-state index is 14.7. The molecule has 0 aromatic heterocycles. The number of aliphatic hydroxyl groups excluding tert-OH is 1. The van der Waals surface area contributed by atoms with Gasteiger partial charge in [-0.15, -0.1) is 24.9 Å². The van der Waals surface area contributed by atoms with Gasteiger partial charge in [0.25, 0.3) is 5.91 Å². The molecular formula is C32H45N3O5S. The van der Waals surface area contributed by atoms with Crippen molar-refractivity contribution < 1.29 is 24.2 Å². The number of fused-ring (bicyclic) bond motifs is 1. The maximum atomic E-state index is 14.7. The Bertz CT molecular complexity index is 1140. The van der Waals surface area contributed by atoms with Crippen molar-refractivity contribution in [2.75, 3.05) is 38.3 Å². The number of likely N-dealkylation sites (tertiary alicyclic amines) is 1. The lowest BCUT2D eigenvalue weighted by Crippen LogP contribution is -2.58. The SMILES string of the molecule is C=CCN(CCC)C(=O)[C@@H]1[C@@H]2CCC3(S2)C(C(=O)N(CC=C)c2ccc(OC)cc2)N([C@@H](CO)CC(C)C)C(=O)[C@H]13. The molecule has 2 bridgehead atoms. The van der Waals surface area contributed by atoms with Crippen LogP contribution in [0.25, 0.3) is 0 Å². The van der Waals surface area contributed by atoms with Gasteiger partial charge in [0.15, 0.2) is 0 Å². The summed E-state index contributed by atoms with van der Waals surface area (Å²) in [6.07, 6.45) is 6.22. The first-order valence-electron chi connectivity index (χ1n) is 14.8. The van der Waals surface area contributed by atoms with Gasteiger partial charge in [-0.3, -0.25) is 14.4 Å². The number of ether oxygens (including phenoxy) is 1. The van der Waals surface area contributed by atoms with Gasteiger partial charge in [-0.2, -0.15) is 0 Å². The normalized spacial score (nSPS) is 27.1. The van der Waals surface area contributed by atoms with Crippen LogP contribution in [0.3, 0.4) is 0 Å². The number of aliphatic hydroxyl groups is 1. The molecule has 41 heavy (non-hydrogen) atoms. The van der Waals surface area contributed by atoms with E-state index in [0.29, 0.717) is 37.4 Å². The number of benzene rings is 1. The van der Waals surface area contributed by atoms with Crippen LogP contribution in [-0.4, -0.2) is 88.1 Å². The molecule has 6 atom stereocenters. The van der Waals surface area contributed by atoms with Gasteiger partial charge >= 0.3 is 0 Å². The molecule has 0 radical (unpaired) electrons. The molecule has 1 aromatic rings. The van der Waals surface area contributed by atoms with Crippen LogP contribution in [-0.2, 0) is 14.4 Å². The van der Waals surface area contributed by atoms with Crippen molar-refractivity contribution in [1.82, 2.24) is 9.80 Å². The average molecular weight is 584 g/mol. The van der Waals surface area contributed by atoms with E-state index in [9.17, 15) is 19.5 Å². The van der Waals surface area contributed by atoms with Crippen molar-refractivity contribution in [2.45, 2.75) is 68.5 Å². The van der Waals surface area contributed by atoms with E-state index >= 15 is 0 Å². The summed E-state index contributed by atoms with van der Waals surface area (Å²) in [6, 6.07) is 5.95. The lowest BCUT2D eigenvalue weighted by Gasteiger charge is -2.40. The molecule has 3 saturated heterocycles. The van der Waals surface area contributed by atoms with Gasteiger partial charge in [0.2, 0.25) is 11.8 Å². The van der Waals surface area contributed by atoms with Crippen molar-refractivity contribution in [3.05, 3.63) is 49.6 Å². The molecule has 4 rings (SSSR count). The Kier molecular flexibility index (Phi) is 9.90. The standard InChI is InChI=1S/C32H45N3O5S/c1-7-16-33(17-8-2)29(37)26-25-14-15-32(41-25)27(26)30(38)35(23(20-36)19-21(4)5)28(32)31(39)34(18-9-3)22-10-12-24(40-6)13-11-22/h7,9-13,21,23,25-28,36H,1,3,8,14-20H2,2,4-6H3/t23-,25+,26-,27+,28?,32?/m1/s1. The first kappa shape index (κ1) is 31.2. The zero-order chi connectivity index (χ0) is 29.9. The van der Waals surface area contributed by atoms with Crippen molar-refractivity contribution in [3.8, 4) is 5.75 Å². The van der Waals surface area contributed by atoms with E-state index in [-0.39, 0.29) is 42.0 Å². The number of methoxy groups -OCH3 is 1. The summed E-state index contributed by atoms with van der Waals surface area (Å²) in [7, 11) is 1.59. The van der Waals surface area contributed by atoms with Crippen LogP contribution in [0.1, 0.15) is 46.5 Å². The summed E-state index contributed by atoms with van der Waals surface area (Å²) in [5.74, 6) is -0.644. The number of hydrogen-bond acceptors (Lipinski definition) is 6. The Balaban J connectivity index is 1.81. The minimum atomic E-state index is -0.801. The Morgan fingerprint density at radius 3 is 2.44 bits per heavy atom. The lowest BCUT2D eigenvalue weighted by atomic mass is 9.70. The molecule has 2 unspecified atom stereocenters. The summed E-state index contributed by atoms with van der Waals surface area (Å²) < 4.78 is 4.58. The smallest absolute Gasteiger partial charge is 0.251 e. The second-order valence-corrected chi connectivity index (χ2v) is 13.4. The predicted molar refractivity (Wildman–Crippen MR) is 164 cm³/mol. The Morgan fingerprint density at radius 1 is 1.20 bits per heavy atom. The Labute approximate surface area is 248 Å². The Morgan fingerprint density at radius 2 is 1.88 bits per heavy atom.